The molecule has 2 atom stereocenters. The molecule has 0 aromatic heterocycles. The van der Waals surface area contributed by atoms with Crippen molar-refractivity contribution in [3.63, 3.8) is 0 Å². The maximum atomic E-state index is 13.2. The Labute approximate surface area is 186 Å². The van der Waals surface area contributed by atoms with Crippen molar-refractivity contribution in [2.24, 2.45) is 0 Å². The van der Waals surface area contributed by atoms with Gasteiger partial charge in [-0.1, -0.05) is 30.3 Å². The smallest absolute Gasteiger partial charge is 0.345 e. The first-order valence-electron chi connectivity index (χ1n) is 9.75. The lowest BCUT2D eigenvalue weighted by atomic mass is 10.1. The summed E-state index contributed by atoms with van der Waals surface area (Å²) in [5.74, 6) is 0.552. The van der Waals surface area contributed by atoms with Crippen LogP contribution < -0.4 is 14.7 Å². The highest BCUT2D eigenvalue weighted by Gasteiger charge is 2.32. The Bertz CT molecular complexity index is 1130. The lowest BCUT2D eigenvalue weighted by molar-refractivity contribution is -0.978. The highest BCUT2D eigenvalue weighted by molar-refractivity contribution is 7.92. The first-order chi connectivity index (χ1) is 15.3. The molecular formula is C23H23NO7S. The summed E-state index contributed by atoms with van der Waals surface area (Å²) < 4.78 is 37.2. The molecule has 3 rings (SSSR count). The van der Waals surface area contributed by atoms with E-state index in [1.807, 2.05) is 30.3 Å². The van der Waals surface area contributed by atoms with E-state index in [-0.39, 0.29) is 11.3 Å². The van der Waals surface area contributed by atoms with Gasteiger partial charge in [-0.3, -0.25) is 0 Å². The molecule has 0 saturated carbocycles. The lowest BCUT2D eigenvalue weighted by Gasteiger charge is -2.19. The van der Waals surface area contributed by atoms with E-state index in [1.54, 1.807) is 24.3 Å². The van der Waals surface area contributed by atoms with Crippen LogP contribution in [0.25, 0.3) is 0 Å². The zero-order chi connectivity index (χ0) is 23.1. The topological polar surface area (TPSA) is 117 Å². The van der Waals surface area contributed by atoms with Gasteiger partial charge in [-0.2, -0.15) is 5.23 Å². The standard InChI is InChI=1S/C23H23NO7S/c1-30-18-11-13-21(14-12-18)32(28,29)22(16-23(25)24(26)27)15-17-7-9-20(10-8-17)31-19-5-3-2-4-6-19/h2-14,22,24,26H,15-16H2,1H3. The van der Waals surface area contributed by atoms with Crippen LogP contribution in [0.2, 0.25) is 0 Å². The summed E-state index contributed by atoms with van der Waals surface area (Å²) in [7, 11) is -2.52. The number of quaternary nitrogens is 1. The third-order valence-corrected chi connectivity index (χ3v) is 6.98. The Morgan fingerprint density at radius 3 is 2.06 bits per heavy atom. The summed E-state index contributed by atoms with van der Waals surface area (Å²) in [6.07, 6.45) is -0.662. The van der Waals surface area contributed by atoms with Crippen molar-refractivity contribution in [2.45, 2.75) is 23.0 Å². The molecule has 0 fully saturated rings. The Kier molecular flexibility index (Phi) is 7.60. The normalized spacial score (nSPS) is 13.2. The maximum absolute atomic E-state index is 13.2. The van der Waals surface area contributed by atoms with E-state index in [0.29, 0.717) is 22.8 Å². The van der Waals surface area contributed by atoms with Crippen LogP contribution >= 0.6 is 0 Å². The molecule has 0 heterocycles. The molecule has 0 bridgehead atoms. The predicted molar refractivity (Wildman–Crippen MR) is 116 cm³/mol. The van der Waals surface area contributed by atoms with E-state index in [1.165, 1.54) is 31.4 Å². The van der Waals surface area contributed by atoms with E-state index in [9.17, 15) is 18.4 Å². The van der Waals surface area contributed by atoms with Crippen molar-refractivity contribution >= 4 is 15.7 Å². The van der Waals surface area contributed by atoms with Crippen LogP contribution in [-0.2, 0) is 21.1 Å². The fraction of sp³-hybridized carbons (Fsp3) is 0.174. The van der Waals surface area contributed by atoms with Gasteiger partial charge in [0.15, 0.2) is 9.84 Å². The number of methoxy groups -OCH3 is 1. The summed E-state index contributed by atoms with van der Waals surface area (Å²) in [6, 6.07) is 21.7. The van der Waals surface area contributed by atoms with Crippen molar-refractivity contribution in [3.8, 4) is 17.2 Å². The lowest BCUT2D eigenvalue weighted by Crippen LogP contribution is -3.07. The minimum Gasteiger partial charge on any atom is -0.593 e. The number of benzene rings is 3. The van der Waals surface area contributed by atoms with Gasteiger partial charge in [-0.05, 0) is 60.5 Å². The largest absolute Gasteiger partial charge is 0.593 e. The van der Waals surface area contributed by atoms with Gasteiger partial charge in [0.1, 0.15) is 17.2 Å². The van der Waals surface area contributed by atoms with Gasteiger partial charge in [0, 0.05) is 0 Å². The highest BCUT2D eigenvalue weighted by Crippen LogP contribution is 2.26. The summed E-state index contributed by atoms with van der Waals surface area (Å²) in [5.41, 5.74) is 0.630. The van der Waals surface area contributed by atoms with Crippen molar-refractivity contribution in [2.75, 3.05) is 7.11 Å². The SMILES string of the molecule is COc1ccc(S(=O)(=O)C(CC(=O)[NH+]([O-])O)Cc2ccc(Oc3ccccc3)cc2)cc1. The second-order valence-electron chi connectivity index (χ2n) is 7.04. The van der Waals surface area contributed by atoms with Crippen molar-refractivity contribution in [3.05, 3.63) is 89.6 Å². The van der Waals surface area contributed by atoms with Gasteiger partial charge in [0.2, 0.25) is 0 Å². The molecule has 0 aliphatic rings. The zero-order valence-corrected chi connectivity index (χ0v) is 18.1. The molecule has 8 nitrogen and oxygen atoms in total. The van der Waals surface area contributed by atoms with Crippen LogP contribution in [0.15, 0.2) is 83.8 Å². The van der Waals surface area contributed by atoms with Gasteiger partial charge in [-0.15, -0.1) is 0 Å². The second kappa shape index (κ2) is 10.4. The number of carbonyl (C=O) groups excluding carboxylic acids is 1. The number of para-hydroxylation sites is 1. The predicted octanol–water partition coefficient (Wildman–Crippen LogP) is 2.56. The molecule has 32 heavy (non-hydrogen) atoms. The average molecular weight is 458 g/mol. The minimum atomic E-state index is -3.98. The number of nitrogens with one attached hydrogen (secondary N) is 1. The third-order valence-electron chi connectivity index (χ3n) is 4.84. The molecule has 0 spiro atoms. The van der Waals surface area contributed by atoms with Crippen LogP contribution in [0, 0.1) is 5.21 Å². The number of amides is 1. The molecule has 0 saturated heterocycles. The first-order valence-corrected chi connectivity index (χ1v) is 11.3. The van der Waals surface area contributed by atoms with Gasteiger partial charge in [0.05, 0.1) is 23.7 Å². The summed E-state index contributed by atoms with van der Waals surface area (Å²) >= 11 is 0. The van der Waals surface area contributed by atoms with Crippen molar-refractivity contribution in [1.82, 2.24) is 0 Å². The minimum absolute atomic E-state index is 0.00878. The van der Waals surface area contributed by atoms with Gasteiger partial charge < -0.3 is 14.7 Å². The van der Waals surface area contributed by atoms with Crippen LogP contribution in [0.1, 0.15) is 12.0 Å². The Morgan fingerprint density at radius 1 is 0.938 bits per heavy atom. The number of ether oxygens (including phenoxy) is 2. The first kappa shape index (κ1) is 23.4. The molecule has 2 unspecified atom stereocenters. The van der Waals surface area contributed by atoms with E-state index >= 15 is 0 Å². The van der Waals surface area contributed by atoms with Gasteiger partial charge in [0.25, 0.3) is 0 Å². The molecule has 0 aliphatic heterocycles. The third kappa shape index (κ3) is 5.92. The Balaban J connectivity index is 1.83. The molecule has 0 radical (unpaired) electrons. The summed E-state index contributed by atoms with van der Waals surface area (Å²) in [4.78, 5) is 11.9. The monoisotopic (exact) mass is 457 g/mol. The fourth-order valence-corrected chi connectivity index (χ4v) is 4.81. The number of sulfone groups is 1. The van der Waals surface area contributed by atoms with Gasteiger partial charge in [-0.25, -0.2) is 18.4 Å². The van der Waals surface area contributed by atoms with E-state index in [4.69, 9.17) is 14.7 Å². The molecule has 2 N–H and O–H groups in total. The van der Waals surface area contributed by atoms with Crippen molar-refractivity contribution < 1.29 is 33.1 Å². The quantitative estimate of drug-likeness (QED) is 0.375. The number of hydrogen-bond acceptors (Lipinski definition) is 7. The number of hydrogen-bond donors (Lipinski definition) is 2. The Hall–Kier alpha value is -3.24. The van der Waals surface area contributed by atoms with Crippen LogP contribution in [0.3, 0.4) is 0 Å². The molecule has 9 heteroatoms. The summed E-state index contributed by atoms with van der Waals surface area (Å²) in [6.45, 7) is 0. The molecular weight excluding hydrogens is 434 g/mol. The molecule has 0 aliphatic carbocycles. The number of rotatable bonds is 9. The van der Waals surface area contributed by atoms with Crippen molar-refractivity contribution in [1.29, 1.82) is 0 Å². The molecule has 1 amide bonds. The number of hydroxylamine groups is 2. The second-order valence-corrected chi connectivity index (χ2v) is 9.27. The Morgan fingerprint density at radius 2 is 1.50 bits per heavy atom. The fourth-order valence-electron chi connectivity index (χ4n) is 3.12. The maximum Gasteiger partial charge on any atom is 0.345 e. The van der Waals surface area contributed by atoms with Crippen LogP contribution in [0.5, 0.6) is 17.2 Å². The summed E-state index contributed by atoms with van der Waals surface area (Å²) in [5, 5.41) is 17.2. The van der Waals surface area contributed by atoms with E-state index < -0.39 is 32.6 Å². The van der Waals surface area contributed by atoms with E-state index in [2.05, 4.69) is 0 Å². The molecule has 3 aromatic rings. The van der Waals surface area contributed by atoms with Crippen LogP contribution in [-0.4, -0.2) is 31.9 Å². The van der Waals surface area contributed by atoms with Gasteiger partial charge >= 0.3 is 5.91 Å². The highest BCUT2D eigenvalue weighted by atomic mass is 32.2. The van der Waals surface area contributed by atoms with Crippen LogP contribution in [0.4, 0.5) is 0 Å². The molecule has 3 aromatic carbocycles. The average Bonchev–Trinajstić information content (AvgIpc) is 2.80. The van der Waals surface area contributed by atoms with E-state index in [0.717, 1.165) is 0 Å². The molecule has 168 valence electrons. The number of carbonyl (C=O) groups is 1. The zero-order valence-electron chi connectivity index (χ0n) is 17.3.